The predicted octanol–water partition coefficient (Wildman–Crippen LogP) is 2.35. The van der Waals surface area contributed by atoms with E-state index in [2.05, 4.69) is 10.5 Å². The van der Waals surface area contributed by atoms with Crippen LogP contribution in [0.1, 0.15) is 5.76 Å². The van der Waals surface area contributed by atoms with Gasteiger partial charge in [0.25, 0.3) is 5.91 Å². The predicted molar refractivity (Wildman–Crippen MR) is 101 cm³/mol. The maximum Gasteiger partial charge on any atom is 0.260 e. The van der Waals surface area contributed by atoms with Crippen molar-refractivity contribution in [1.82, 2.24) is 5.43 Å². The van der Waals surface area contributed by atoms with E-state index in [1.807, 2.05) is 30.3 Å². The highest BCUT2D eigenvalue weighted by molar-refractivity contribution is 7.92. The Morgan fingerprint density at radius 3 is 2.65 bits per heavy atom. The number of furan rings is 1. The van der Waals surface area contributed by atoms with Gasteiger partial charge in [-0.05, 0) is 23.6 Å². The fourth-order valence-electron chi connectivity index (χ4n) is 2.51. The summed E-state index contributed by atoms with van der Waals surface area (Å²) in [5.74, 6) is -0.0921. The summed E-state index contributed by atoms with van der Waals surface area (Å²) in [6.45, 7) is -0.387. The molecule has 2 aromatic carbocycles. The largest absolute Gasteiger partial charge is 0.463 e. The van der Waals surface area contributed by atoms with Crippen LogP contribution in [0.2, 0.25) is 0 Å². The number of fused-ring (bicyclic) bond motifs is 1. The van der Waals surface area contributed by atoms with Gasteiger partial charge in [-0.25, -0.2) is 13.8 Å². The number of rotatable bonds is 6. The average Bonchev–Trinajstić information content (AvgIpc) is 3.12. The van der Waals surface area contributed by atoms with Crippen LogP contribution in [0.15, 0.2) is 70.4 Å². The minimum absolute atomic E-state index is 0.387. The second-order valence-corrected chi connectivity index (χ2v) is 7.48. The maximum absolute atomic E-state index is 12.3. The van der Waals surface area contributed by atoms with E-state index in [9.17, 15) is 13.2 Å². The van der Waals surface area contributed by atoms with Crippen LogP contribution in [-0.2, 0) is 14.8 Å². The minimum Gasteiger partial charge on any atom is -0.463 e. The molecule has 0 spiro atoms. The standard InChI is InChI=1S/C18H17N3O4S/c1-26(23,24)21(13-18(22)20-19-12-15-8-5-11-25-15)17-10-4-7-14-6-2-3-9-16(14)17/h2-12H,13H2,1H3,(H,20,22)/b19-12-. The molecule has 0 saturated carbocycles. The van der Waals surface area contributed by atoms with E-state index in [0.717, 1.165) is 21.3 Å². The lowest BCUT2D eigenvalue weighted by molar-refractivity contribution is -0.119. The molecule has 26 heavy (non-hydrogen) atoms. The molecule has 0 atom stereocenters. The Labute approximate surface area is 151 Å². The number of hydrogen-bond donors (Lipinski definition) is 1. The first-order chi connectivity index (χ1) is 12.4. The highest BCUT2D eigenvalue weighted by Crippen LogP contribution is 2.28. The van der Waals surface area contributed by atoms with Gasteiger partial charge in [-0.3, -0.25) is 9.10 Å². The van der Waals surface area contributed by atoms with Crippen molar-refractivity contribution in [2.45, 2.75) is 0 Å². The third kappa shape index (κ3) is 4.09. The summed E-state index contributed by atoms with van der Waals surface area (Å²) in [5.41, 5.74) is 2.75. The van der Waals surface area contributed by atoms with Crippen LogP contribution in [0.5, 0.6) is 0 Å². The lowest BCUT2D eigenvalue weighted by Gasteiger charge is -2.23. The number of amides is 1. The number of anilines is 1. The molecule has 1 N–H and O–H groups in total. The van der Waals surface area contributed by atoms with E-state index in [1.165, 1.54) is 12.5 Å². The van der Waals surface area contributed by atoms with Crippen LogP contribution < -0.4 is 9.73 Å². The topological polar surface area (TPSA) is 92.0 Å². The zero-order valence-corrected chi connectivity index (χ0v) is 14.8. The fraction of sp³-hybridized carbons (Fsp3) is 0.111. The van der Waals surface area contributed by atoms with Crippen LogP contribution in [0.4, 0.5) is 5.69 Å². The molecule has 0 unspecified atom stereocenters. The second-order valence-electron chi connectivity index (χ2n) is 5.58. The molecular weight excluding hydrogens is 354 g/mol. The van der Waals surface area contributed by atoms with Gasteiger partial charge >= 0.3 is 0 Å². The monoisotopic (exact) mass is 371 g/mol. The summed E-state index contributed by atoms with van der Waals surface area (Å²) in [6, 6.07) is 16.1. The van der Waals surface area contributed by atoms with Crippen molar-refractivity contribution >= 4 is 38.6 Å². The summed E-state index contributed by atoms with van der Waals surface area (Å²) in [5, 5.41) is 5.39. The Balaban J connectivity index is 1.84. The Morgan fingerprint density at radius 1 is 1.15 bits per heavy atom. The highest BCUT2D eigenvalue weighted by Gasteiger charge is 2.22. The first-order valence-corrected chi connectivity index (χ1v) is 9.61. The zero-order chi connectivity index (χ0) is 18.6. The molecule has 0 aliphatic carbocycles. The molecule has 3 rings (SSSR count). The van der Waals surface area contributed by atoms with E-state index >= 15 is 0 Å². The van der Waals surface area contributed by atoms with Crippen LogP contribution in [0, 0.1) is 0 Å². The number of sulfonamides is 1. The SMILES string of the molecule is CS(=O)(=O)N(CC(=O)N/N=C\c1ccco1)c1cccc2ccccc12. The van der Waals surface area contributed by atoms with Gasteiger partial charge in [-0.2, -0.15) is 5.10 Å². The number of nitrogens with zero attached hydrogens (tertiary/aromatic N) is 2. The van der Waals surface area contributed by atoms with Crippen molar-refractivity contribution in [1.29, 1.82) is 0 Å². The van der Waals surface area contributed by atoms with Crippen molar-refractivity contribution < 1.29 is 17.6 Å². The molecule has 0 bridgehead atoms. The number of hydrazone groups is 1. The van der Waals surface area contributed by atoms with Crippen LogP contribution in [0.25, 0.3) is 10.8 Å². The number of carbonyl (C=O) groups is 1. The van der Waals surface area contributed by atoms with Gasteiger partial charge in [0.05, 0.1) is 24.4 Å². The van der Waals surface area contributed by atoms with E-state index in [1.54, 1.807) is 24.3 Å². The summed E-state index contributed by atoms with van der Waals surface area (Å²) < 4.78 is 30.7. The second kappa shape index (κ2) is 7.40. The molecule has 0 radical (unpaired) electrons. The van der Waals surface area contributed by atoms with Gasteiger partial charge in [0.15, 0.2) is 0 Å². The molecule has 3 aromatic rings. The minimum atomic E-state index is -3.67. The molecule has 8 heteroatoms. The van der Waals surface area contributed by atoms with E-state index in [0.29, 0.717) is 11.4 Å². The van der Waals surface area contributed by atoms with Crippen molar-refractivity contribution in [2.75, 3.05) is 17.1 Å². The molecule has 0 aliphatic heterocycles. The Hall–Kier alpha value is -3.13. The van der Waals surface area contributed by atoms with Gasteiger partial charge < -0.3 is 4.42 Å². The van der Waals surface area contributed by atoms with Gasteiger partial charge in [0.1, 0.15) is 12.3 Å². The first kappa shape index (κ1) is 17.7. The van der Waals surface area contributed by atoms with Crippen LogP contribution in [0.3, 0.4) is 0 Å². The Morgan fingerprint density at radius 2 is 1.92 bits per heavy atom. The fourth-order valence-corrected chi connectivity index (χ4v) is 3.37. The van der Waals surface area contributed by atoms with Crippen molar-refractivity contribution in [2.24, 2.45) is 5.10 Å². The number of carbonyl (C=O) groups excluding carboxylic acids is 1. The molecule has 7 nitrogen and oxygen atoms in total. The number of benzene rings is 2. The summed E-state index contributed by atoms with van der Waals surface area (Å²) >= 11 is 0. The maximum atomic E-state index is 12.3. The molecule has 1 amide bonds. The normalized spacial score (nSPS) is 11.7. The lowest BCUT2D eigenvalue weighted by atomic mass is 10.1. The van der Waals surface area contributed by atoms with E-state index in [4.69, 9.17) is 4.42 Å². The van der Waals surface area contributed by atoms with Crippen molar-refractivity contribution in [3.8, 4) is 0 Å². The molecule has 1 heterocycles. The highest BCUT2D eigenvalue weighted by atomic mass is 32.2. The smallest absolute Gasteiger partial charge is 0.260 e. The number of nitrogens with one attached hydrogen (secondary N) is 1. The average molecular weight is 371 g/mol. The number of hydrogen-bond acceptors (Lipinski definition) is 5. The first-order valence-electron chi connectivity index (χ1n) is 7.76. The summed E-state index contributed by atoms with van der Waals surface area (Å²) in [7, 11) is -3.67. The van der Waals surface area contributed by atoms with Gasteiger partial charge in [-0.15, -0.1) is 0 Å². The van der Waals surface area contributed by atoms with Crippen molar-refractivity contribution in [3.05, 3.63) is 66.6 Å². The molecule has 0 fully saturated rings. The van der Waals surface area contributed by atoms with E-state index in [-0.39, 0.29) is 6.54 Å². The molecular formula is C18H17N3O4S. The third-order valence-electron chi connectivity index (χ3n) is 3.65. The molecule has 134 valence electrons. The summed E-state index contributed by atoms with van der Waals surface area (Å²) in [6.07, 6.45) is 3.88. The quantitative estimate of drug-likeness (QED) is 0.532. The van der Waals surface area contributed by atoms with Gasteiger partial charge in [-0.1, -0.05) is 36.4 Å². The lowest BCUT2D eigenvalue weighted by Crippen LogP contribution is -2.39. The van der Waals surface area contributed by atoms with Crippen molar-refractivity contribution in [3.63, 3.8) is 0 Å². The Bertz CT molecular complexity index is 1040. The molecule has 1 aromatic heterocycles. The zero-order valence-electron chi connectivity index (χ0n) is 14.0. The summed E-state index contributed by atoms with van der Waals surface area (Å²) in [4.78, 5) is 12.2. The van der Waals surface area contributed by atoms with Gasteiger partial charge in [0, 0.05) is 5.39 Å². The van der Waals surface area contributed by atoms with E-state index < -0.39 is 15.9 Å². The third-order valence-corrected chi connectivity index (χ3v) is 4.77. The van der Waals surface area contributed by atoms with Crippen LogP contribution in [-0.4, -0.2) is 33.3 Å². The van der Waals surface area contributed by atoms with Crippen LogP contribution >= 0.6 is 0 Å². The van der Waals surface area contributed by atoms with Gasteiger partial charge in [0.2, 0.25) is 10.0 Å². The molecule has 0 aliphatic rings. The Kier molecular flexibility index (Phi) is 5.04. The molecule has 0 saturated heterocycles.